The van der Waals surface area contributed by atoms with Gasteiger partial charge in [-0.3, -0.25) is 4.79 Å². The fraction of sp³-hybridized carbons (Fsp3) is 0.292. The number of aromatic nitrogens is 4. The molecule has 0 bridgehead atoms. The maximum Gasteiger partial charge on any atom is 0.278 e. The minimum Gasteiger partial charge on any atom is -0.378 e. The van der Waals surface area contributed by atoms with Crippen LogP contribution in [0.3, 0.4) is 0 Å². The van der Waals surface area contributed by atoms with E-state index in [1.54, 1.807) is 16.8 Å². The first-order valence-corrected chi connectivity index (χ1v) is 10.9. The molecule has 1 aliphatic heterocycles. The SMILES string of the molecule is C=CCn1c(=O)c2cnc(Nc3ccc(N4CCOCC4)c(CNC)c3)nc2n1C(=C)C=C. The smallest absolute Gasteiger partial charge is 0.278 e. The average molecular weight is 448 g/mol. The molecule has 2 N–H and O–H groups in total. The van der Waals surface area contributed by atoms with Crippen molar-refractivity contribution in [3.8, 4) is 0 Å². The molecule has 3 aromatic rings. The van der Waals surface area contributed by atoms with Gasteiger partial charge in [-0.25, -0.2) is 14.3 Å². The van der Waals surface area contributed by atoms with Crippen molar-refractivity contribution in [2.75, 3.05) is 43.6 Å². The number of rotatable bonds is 9. The van der Waals surface area contributed by atoms with Gasteiger partial charge in [-0.05, 0) is 36.9 Å². The number of nitrogens with zero attached hydrogens (tertiary/aromatic N) is 5. The number of anilines is 3. The van der Waals surface area contributed by atoms with Gasteiger partial charge in [-0.1, -0.05) is 19.2 Å². The van der Waals surface area contributed by atoms with Crippen molar-refractivity contribution in [2.24, 2.45) is 0 Å². The molecule has 0 amide bonds. The highest BCUT2D eigenvalue weighted by Gasteiger charge is 2.18. The third-order valence-corrected chi connectivity index (χ3v) is 5.54. The van der Waals surface area contributed by atoms with Crippen LogP contribution >= 0.6 is 0 Å². The summed E-state index contributed by atoms with van der Waals surface area (Å²) in [6.07, 6.45) is 4.77. The topological polar surface area (TPSA) is 89.2 Å². The Morgan fingerprint density at radius 1 is 1.27 bits per heavy atom. The number of ether oxygens (including phenoxy) is 1. The van der Waals surface area contributed by atoms with Crippen molar-refractivity contribution >= 4 is 34.1 Å². The number of nitrogens with one attached hydrogen (secondary N) is 2. The molecule has 0 spiro atoms. The van der Waals surface area contributed by atoms with Crippen LogP contribution in [0, 0.1) is 0 Å². The molecular weight excluding hydrogens is 418 g/mol. The quantitative estimate of drug-likeness (QED) is 0.385. The Morgan fingerprint density at radius 3 is 2.76 bits per heavy atom. The molecule has 33 heavy (non-hydrogen) atoms. The van der Waals surface area contributed by atoms with Gasteiger partial charge in [0.2, 0.25) is 5.95 Å². The summed E-state index contributed by atoms with van der Waals surface area (Å²) in [7, 11) is 1.93. The van der Waals surface area contributed by atoms with E-state index in [9.17, 15) is 4.79 Å². The second-order valence-electron chi connectivity index (χ2n) is 7.71. The molecule has 2 aromatic heterocycles. The summed E-state index contributed by atoms with van der Waals surface area (Å²) in [6, 6.07) is 6.21. The lowest BCUT2D eigenvalue weighted by molar-refractivity contribution is 0.122. The van der Waals surface area contributed by atoms with E-state index >= 15 is 0 Å². The van der Waals surface area contributed by atoms with Crippen LogP contribution in [0.4, 0.5) is 17.3 Å². The van der Waals surface area contributed by atoms with Crippen LogP contribution in [0.15, 0.2) is 61.1 Å². The van der Waals surface area contributed by atoms with Crippen molar-refractivity contribution in [3.63, 3.8) is 0 Å². The number of benzene rings is 1. The maximum atomic E-state index is 12.8. The van der Waals surface area contributed by atoms with Crippen molar-refractivity contribution in [2.45, 2.75) is 13.1 Å². The molecule has 1 saturated heterocycles. The van der Waals surface area contributed by atoms with Crippen molar-refractivity contribution in [1.82, 2.24) is 24.6 Å². The Hall–Kier alpha value is -3.69. The van der Waals surface area contributed by atoms with E-state index in [1.807, 2.05) is 13.1 Å². The Bertz CT molecular complexity index is 1250. The Balaban J connectivity index is 1.70. The van der Waals surface area contributed by atoms with Crippen LogP contribution in [0.1, 0.15) is 5.56 Å². The predicted octanol–water partition coefficient (Wildman–Crippen LogP) is 2.74. The summed E-state index contributed by atoms with van der Waals surface area (Å²) in [5.41, 5.74) is 4.01. The van der Waals surface area contributed by atoms with E-state index < -0.39 is 0 Å². The summed E-state index contributed by atoms with van der Waals surface area (Å²) in [5.74, 6) is 0.387. The molecular formula is C24H29N7O2. The van der Waals surface area contributed by atoms with Gasteiger partial charge in [0, 0.05) is 37.2 Å². The van der Waals surface area contributed by atoms with Crippen molar-refractivity contribution in [3.05, 3.63) is 72.2 Å². The molecule has 172 valence electrons. The molecule has 0 radical (unpaired) electrons. The average Bonchev–Trinajstić information content (AvgIpc) is 3.11. The van der Waals surface area contributed by atoms with Gasteiger partial charge < -0.3 is 20.3 Å². The zero-order valence-corrected chi connectivity index (χ0v) is 18.9. The predicted molar refractivity (Wildman–Crippen MR) is 133 cm³/mol. The number of fused-ring (bicyclic) bond motifs is 1. The van der Waals surface area contributed by atoms with Gasteiger partial charge in [0.05, 0.1) is 25.5 Å². The van der Waals surface area contributed by atoms with Crippen LogP contribution in [-0.4, -0.2) is 52.7 Å². The van der Waals surface area contributed by atoms with E-state index in [0.29, 0.717) is 29.2 Å². The van der Waals surface area contributed by atoms with E-state index in [1.165, 1.54) is 22.1 Å². The van der Waals surface area contributed by atoms with Crippen molar-refractivity contribution in [1.29, 1.82) is 0 Å². The molecule has 0 atom stereocenters. The third kappa shape index (κ3) is 4.46. The number of hydrogen-bond donors (Lipinski definition) is 2. The molecule has 4 rings (SSSR count). The Kier molecular flexibility index (Phi) is 6.71. The molecule has 1 fully saturated rings. The Morgan fingerprint density at radius 2 is 2.06 bits per heavy atom. The lowest BCUT2D eigenvalue weighted by Gasteiger charge is -2.31. The van der Waals surface area contributed by atoms with Crippen LogP contribution in [0.5, 0.6) is 0 Å². The van der Waals surface area contributed by atoms with Gasteiger partial charge in [-0.15, -0.1) is 6.58 Å². The minimum absolute atomic E-state index is 0.203. The van der Waals surface area contributed by atoms with E-state index in [4.69, 9.17) is 4.74 Å². The number of morpholine rings is 1. The lowest BCUT2D eigenvalue weighted by Crippen LogP contribution is -2.37. The molecule has 9 heteroatoms. The maximum absolute atomic E-state index is 12.8. The normalized spacial score (nSPS) is 13.8. The van der Waals surface area contributed by atoms with Gasteiger partial charge >= 0.3 is 0 Å². The van der Waals surface area contributed by atoms with Gasteiger partial charge in [-0.2, -0.15) is 4.98 Å². The van der Waals surface area contributed by atoms with Crippen LogP contribution in [0.25, 0.3) is 16.7 Å². The molecule has 0 unspecified atom stereocenters. The summed E-state index contributed by atoms with van der Waals surface area (Å²) >= 11 is 0. The van der Waals surface area contributed by atoms with Crippen LogP contribution < -0.4 is 21.1 Å². The largest absolute Gasteiger partial charge is 0.378 e. The summed E-state index contributed by atoms with van der Waals surface area (Å²) < 4.78 is 8.65. The van der Waals surface area contributed by atoms with Crippen LogP contribution in [0.2, 0.25) is 0 Å². The van der Waals surface area contributed by atoms with Crippen LogP contribution in [-0.2, 0) is 17.8 Å². The highest BCUT2D eigenvalue weighted by atomic mass is 16.5. The molecule has 9 nitrogen and oxygen atoms in total. The highest BCUT2D eigenvalue weighted by molar-refractivity contribution is 5.80. The second kappa shape index (κ2) is 9.85. The summed E-state index contributed by atoms with van der Waals surface area (Å²) in [6.45, 7) is 15.8. The third-order valence-electron chi connectivity index (χ3n) is 5.54. The standard InChI is InChI=1S/C24H29N7O2/c1-5-9-30-23(32)20-16-26-24(28-22(20)31(30)17(3)6-2)27-19-7-8-21(18(14-19)15-25-4)29-10-12-33-13-11-29/h5-8,14,16,25H,1-3,9-13,15H2,4H3,(H,26,27,28). The number of hydrogen-bond acceptors (Lipinski definition) is 7. The monoisotopic (exact) mass is 447 g/mol. The second-order valence-corrected chi connectivity index (χ2v) is 7.71. The molecule has 0 saturated carbocycles. The first-order chi connectivity index (χ1) is 16.1. The summed E-state index contributed by atoms with van der Waals surface area (Å²) in [4.78, 5) is 24.2. The van der Waals surface area contributed by atoms with Gasteiger partial charge in [0.15, 0.2) is 5.65 Å². The minimum atomic E-state index is -0.203. The Labute approximate surface area is 192 Å². The fourth-order valence-corrected chi connectivity index (χ4v) is 3.99. The lowest BCUT2D eigenvalue weighted by atomic mass is 10.1. The first-order valence-electron chi connectivity index (χ1n) is 10.9. The highest BCUT2D eigenvalue weighted by Crippen LogP contribution is 2.27. The first kappa shape index (κ1) is 22.5. The van der Waals surface area contributed by atoms with Crippen molar-refractivity contribution < 1.29 is 4.74 Å². The number of allylic oxidation sites excluding steroid dienone is 3. The van der Waals surface area contributed by atoms with E-state index in [0.717, 1.165) is 38.5 Å². The van der Waals surface area contributed by atoms with E-state index in [2.05, 4.69) is 57.4 Å². The zero-order valence-electron chi connectivity index (χ0n) is 18.9. The molecule has 1 aromatic carbocycles. The molecule has 3 heterocycles. The zero-order chi connectivity index (χ0) is 23.4. The van der Waals surface area contributed by atoms with Gasteiger partial charge in [0.25, 0.3) is 5.56 Å². The van der Waals surface area contributed by atoms with E-state index in [-0.39, 0.29) is 5.56 Å². The molecule has 0 aliphatic carbocycles. The summed E-state index contributed by atoms with van der Waals surface area (Å²) in [5, 5.41) is 6.92. The molecule has 1 aliphatic rings. The van der Waals surface area contributed by atoms with Gasteiger partial charge in [0.1, 0.15) is 5.39 Å². The fourth-order valence-electron chi connectivity index (χ4n) is 3.99.